The van der Waals surface area contributed by atoms with Crippen LogP contribution in [0.5, 0.6) is 0 Å². The maximum Gasteiger partial charge on any atom is 0.153 e. The number of piperidine rings is 1. The Morgan fingerprint density at radius 3 is 3.13 bits per heavy atom. The molecule has 1 aromatic heterocycles. The molecule has 0 N–H and O–H groups in total. The van der Waals surface area contributed by atoms with Crippen LogP contribution < -0.4 is 4.90 Å². The Bertz CT molecular complexity index is 351. The molecule has 2 rings (SSSR count). The lowest BCUT2D eigenvalue weighted by Crippen LogP contribution is -2.38. The molecule has 0 bridgehead atoms. The van der Waals surface area contributed by atoms with E-state index in [1.807, 2.05) is 12.1 Å². The minimum Gasteiger partial charge on any atom is -0.353 e. The fraction of sp³-hybridized carbons (Fsp3) is 0.500. The summed E-state index contributed by atoms with van der Waals surface area (Å²) in [6, 6.07) is 4.13. The molecule has 0 radical (unpaired) electrons. The van der Waals surface area contributed by atoms with Crippen molar-refractivity contribution in [1.29, 1.82) is 0 Å². The highest BCUT2D eigenvalue weighted by molar-refractivity contribution is 5.82. The van der Waals surface area contributed by atoms with E-state index in [-0.39, 0.29) is 0 Å². The first-order chi connectivity index (χ1) is 7.33. The van der Waals surface area contributed by atoms with Crippen LogP contribution >= 0.6 is 0 Å². The second-order valence-electron chi connectivity index (χ2n) is 4.07. The van der Waals surface area contributed by atoms with Crippen molar-refractivity contribution in [3.63, 3.8) is 0 Å². The van der Waals surface area contributed by atoms with Crippen LogP contribution in [0.2, 0.25) is 0 Å². The zero-order valence-electron chi connectivity index (χ0n) is 9.02. The van der Waals surface area contributed by atoms with E-state index in [9.17, 15) is 4.79 Å². The molecule has 1 aliphatic heterocycles. The summed E-state index contributed by atoms with van der Waals surface area (Å²) in [6.07, 6.45) is 6.31. The molecule has 1 saturated heterocycles. The first-order valence-corrected chi connectivity index (χ1v) is 5.50. The normalized spacial score (nSPS) is 21.4. The Labute approximate surface area is 90.1 Å². The number of rotatable bonds is 2. The van der Waals surface area contributed by atoms with Gasteiger partial charge in [-0.15, -0.1) is 0 Å². The summed E-state index contributed by atoms with van der Waals surface area (Å²) in [6.45, 7) is 3.21. The van der Waals surface area contributed by atoms with Gasteiger partial charge in [-0.3, -0.25) is 4.79 Å². The molecule has 0 saturated carbocycles. The Morgan fingerprint density at radius 2 is 2.40 bits per heavy atom. The van der Waals surface area contributed by atoms with Crippen LogP contribution in [0.25, 0.3) is 0 Å². The van der Waals surface area contributed by atoms with Crippen molar-refractivity contribution in [1.82, 2.24) is 4.98 Å². The Balaban J connectivity index is 2.30. The van der Waals surface area contributed by atoms with Gasteiger partial charge in [0.1, 0.15) is 5.82 Å². The van der Waals surface area contributed by atoms with Crippen LogP contribution in [0.1, 0.15) is 36.5 Å². The van der Waals surface area contributed by atoms with Crippen molar-refractivity contribution < 1.29 is 4.79 Å². The number of hydrogen-bond donors (Lipinski definition) is 0. The van der Waals surface area contributed by atoms with Crippen molar-refractivity contribution in [2.24, 2.45) is 0 Å². The van der Waals surface area contributed by atoms with Gasteiger partial charge in [-0.25, -0.2) is 4.98 Å². The predicted octanol–water partition coefficient (Wildman–Crippen LogP) is 2.27. The molecular weight excluding hydrogens is 188 g/mol. The molecule has 0 amide bonds. The van der Waals surface area contributed by atoms with Gasteiger partial charge < -0.3 is 4.90 Å². The van der Waals surface area contributed by atoms with Crippen molar-refractivity contribution in [3.05, 3.63) is 23.9 Å². The van der Waals surface area contributed by atoms with E-state index in [2.05, 4.69) is 16.8 Å². The van der Waals surface area contributed by atoms with Crippen molar-refractivity contribution in [2.45, 2.75) is 32.2 Å². The number of anilines is 1. The number of carbonyl (C=O) groups excluding carboxylic acids is 1. The molecule has 3 heteroatoms. The molecule has 1 aromatic rings. The minimum atomic E-state index is 0.493. The first kappa shape index (κ1) is 10.1. The third-order valence-corrected chi connectivity index (χ3v) is 3.02. The molecule has 0 spiro atoms. The average Bonchev–Trinajstić information content (AvgIpc) is 2.30. The van der Waals surface area contributed by atoms with E-state index in [0.717, 1.165) is 18.6 Å². The lowest BCUT2D eigenvalue weighted by Gasteiger charge is -2.34. The van der Waals surface area contributed by atoms with Crippen LogP contribution in [0, 0.1) is 0 Å². The Morgan fingerprint density at radius 1 is 1.53 bits per heavy atom. The Kier molecular flexibility index (Phi) is 2.99. The van der Waals surface area contributed by atoms with E-state index in [1.165, 1.54) is 19.3 Å². The van der Waals surface area contributed by atoms with E-state index >= 15 is 0 Å². The SMILES string of the molecule is CC1CCCCN1c1ncccc1C=O. The molecule has 1 unspecified atom stereocenters. The molecule has 1 atom stereocenters. The van der Waals surface area contributed by atoms with E-state index in [4.69, 9.17) is 0 Å². The van der Waals surface area contributed by atoms with Crippen LogP contribution in [0.3, 0.4) is 0 Å². The van der Waals surface area contributed by atoms with Crippen LogP contribution in [0.15, 0.2) is 18.3 Å². The molecule has 3 nitrogen and oxygen atoms in total. The summed E-state index contributed by atoms with van der Waals surface area (Å²) in [5.74, 6) is 0.847. The van der Waals surface area contributed by atoms with Crippen LogP contribution in [0.4, 0.5) is 5.82 Å². The maximum atomic E-state index is 10.9. The van der Waals surface area contributed by atoms with Gasteiger partial charge in [0, 0.05) is 18.8 Å². The van der Waals surface area contributed by atoms with Crippen molar-refractivity contribution in [3.8, 4) is 0 Å². The quantitative estimate of drug-likeness (QED) is 0.693. The van der Waals surface area contributed by atoms with E-state index < -0.39 is 0 Å². The molecule has 0 aromatic carbocycles. The summed E-state index contributed by atoms with van der Waals surface area (Å²) in [4.78, 5) is 17.5. The van der Waals surface area contributed by atoms with E-state index in [1.54, 1.807) is 6.20 Å². The fourth-order valence-electron chi connectivity index (χ4n) is 2.15. The molecule has 0 aliphatic carbocycles. The number of aldehydes is 1. The number of pyridine rings is 1. The van der Waals surface area contributed by atoms with Gasteiger partial charge >= 0.3 is 0 Å². The van der Waals surface area contributed by atoms with Gasteiger partial charge in [0.05, 0.1) is 5.56 Å². The van der Waals surface area contributed by atoms with Gasteiger partial charge in [0.15, 0.2) is 6.29 Å². The fourth-order valence-corrected chi connectivity index (χ4v) is 2.15. The zero-order valence-corrected chi connectivity index (χ0v) is 9.02. The largest absolute Gasteiger partial charge is 0.353 e. The number of hydrogen-bond acceptors (Lipinski definition) is 3. The monoisotopic (exact) mass is 204 g/mol. The molecule has 1 fully saturated rings. The maximum absolute atomic E-state index is 10.9. The highest BCUT2D eigenvalue weighted by atomic mass is 16.1. The second-order valence-corrected chi connectivity index (χ2v) is 4.07. The predicted molar refractivity (Wildman–Crippen MR) is 60.3 cm³/mol. The summed E-state index contributed by atoms with van der Waals surface area (Å²) in [5, 5.41) is 0. The van der Waals surface area contributed by atoms with Gasteiger partial charge in [0.25, 0.3) is 0 Å². The molecule has 80 valence electrons. The summed E-state index contributed by atoms with van der Waals surface area (Å²) in [5.41, 5.74) is 0.700. The van der Waals surface area contributed by atoms with Crippen molar-refractivity contribution in [2.75, 3.05) is 11.4 Å². The van der Waals surface area contributed by atoms with Gasteiger partial charge in [-0.2, -0.15) is 0 Å². The van der Waals surface area contributed by atoms with Gasteiger partial charge in [-0.05, 0) is 38.3 Å². The lowest BCUT2D eigenvalue weighted by atomic mass is 10.0. The lowest BCUT2D eigenvalue weighted by molar-refractivity contribution is 0.112. The standard InChI is InChI=1S/C12H16N2O/c1-10-5-2-3-8-14(10)12-11(9-15)6-4-7-13-12/h4,6-7,9-10H,2-3,5,8H2,1H3. The third kappa shape index (κ3) is 2.01. The molecule has 2 heterocycles. The zero-order chi connectivity index (χ0) is 10.7. The molecular formula is C12H16N2O. The third-order valence-electron chi connectivity index (χ3n) is 3.02. The van der Waals surface area contributed by atoms with E-state index in [0.29, 0.717) is 11.6 Å². The smallest absolute Gasteiger partial charge is 0.153 e. The second kappa shape index (κ2) is 4.43. The summed E-state index contributed by atoms with van der Waals surface area (Å²) in [7, 11) is 0. The first-order valence-electron chi connectivity index (χ1n) is 5.50. The summed E-state index contributed by atoms with van der Waals surface area (Å²) >= 11 is 0. The minimum absolute atomic E-state index is 0.493. The van der Waals surface area contributed by atoms with Gasteiger partial charge in [-0.1, -0.05) is 0 Å². The highest BCUT2D eigenvalue weighted by Gasteiger charge is 2.21. The summed E-state index contributed by atoms with van der Waals surface area (Å²) < 4.78 is 0. The number of carbonyl (C=O) groups is 1. The average molecular weight is 204 g/mol. The number of nitrogens with zero attached hydrogens (tertiary/aromatic N) is 2. The molecule has 1 aliphatic rings. The molecule has 15 heavy (non-hydrogen) atoms. The van der Waals surface area contributed by atoms with Crippen molar-refractivity contribution >= 4 is 12.1 Å². The van der Waals surface area contributed by atoms with Crippen LogP contribution in [-0.4, -0.2) is 23.9 Å². The number of aromatic nitrogens is 1. The highest BCUT2D eigenvalue weighted by Crippen LogP contribution is 2.24. The van der Waals surface area contributed by atoms with Gasteiger partial charge in [0.2, 0.25) is 0 Å². The Hall–Kier alpha value is -1.38. The topological polar surface area (TPSA) is 33.2 Å². The van der Waals surface area contributed by atoms with Crippen LogP contribution in [-0.2, 0) is 0 Å².